The summed E-state index contributed by atoms with van der Waals surface area (Å²) in [4.78, 5) is 24.2. The Morgan fingerprint density at radius 2 is 1.63 bits per heavy atom. The minimum Gasteiger partial charge on any atom is -0.304 e. The first-order valence-electron chi connectivity index (χ1n) is 14.5. The molecule has 224 valence electrons. The molecule has 1 saturated heterocycles. The van der Waals surface area contributed by atoms with Crippen LogP contribution in [0.1, 0.15) is 95.5 Å². The highest BCUT2D eigenvalue weighted by Crippen LogP contribution is 2.45. The number of hydrogen-bond donors (Lipinski definition) is 0. The van der Waals surface area contributed by atoms with Crippen LogP contribution in [0.25, 0.3) is 0 Å². The Labute approximate surface area is 260 Å². The van der Waals surface area contributed by atoms with Crippen molar-refractivity contribution in [3.05, 3.63) is 69.7 Å². The highest BCUT2D eigenvalue weighted by atomic mass is 35.5. The zero-order valence-electron chi connectivity index (χ0n) is 25.3. The van der Waals surface area contributed by atoms with E-state index in [4.69, 9.17) is 39.8 Å². The number of carbonyl (C=O) groups excluding carboxylic acids is 1. The Morgan fingerprint density at radius 3 is 2.20 bits per heavy atom. The van der Waals surface area contributed by atoms with E-state index in [9.17, 15) is 9.18 Å². The van der Waals surface area contributed by atoms with Crippen LogP contribution >= 0.6 is 34.8 Å². The minimum absolute atomic E-state index is 0.0523. The number of amides is 1. The number of halogens is 4. The number of benzene rings is 2. The lowest BCUT2D eigenvalue weighted by Crippen LogP contribution is -2.50. The Balaban J connectivity index is 1.79. The van der Waals surface area contributed by atoms with Crippen molar-refractivity contribution in [2.75, 3.05) is 19.6 Å². The van der Waals surface area contributed by atoms with Crippen LogP contribution in [0.4, 0.5) is 4.39 Å². The van der Waals surface area contributed by atoms with Crippen LogP contribution in [0, 0.1) is 17.8 Å². The first-order chi connectivity index (χ1) is 18.9. The molecule has 1 spiro atoms. The van der Waals surface area contributed by atoms with Crippen molar-refractivity contribution in [2.24, 2.45) is 15.8 Å². The Kier molecular flexibility index (Phi) is 9.27. The van der Waals surface area contributed by atoms with Crippen molar-refractivity contribution in [1.29, 1.82) is 0 Å². The fourth-order valence-electron chi connectivity index (χ4n) is 5.84. The molecule has 1 fully saturated rings. The molecule has 2 aromatic carbocycles. The van der Waals surface area contributed by atoms with Gasteiger partial charge in [0.15, 0.2) is 0 Å². The van der Waals surface area contributed by atoms with Gasteiger partial charge in [-0.05, 0) is 72.9 Å². The second-order valence-corrected chi connectivity index (χ2v) is 15.9. The SMILES string of the molecule is Cc1cc(Cl)cc(C2=NC3(CCN(CCC(C)(C)C)C3)N(C(CCC(C)(C)C)c3ccc(C(F)(Cl)Cl)cc3)C2=O)c1. The molecule has 4 nitrogen and oxygen atoms in total. The van der Waals surface area contributed by atoms with Crippen LogP contribution in [-0.4, -0.2) is 46.7 Å². The third kappa shape index (κ3) is 7.84. The summed E-state index contributed by atoms with van der Waals surface area (Å²) in [6.45, 7) is 17.8. The van der Waals surface area contributed by atoms with Gasteiger partial charge in [-0.2, -0.15) is 0 Å². The average molecular weight is 623 g/mol. The molecule has 41 heavy (non-hydrogen) atoms. The van der Waals surface area contributed by atoms with Gasteiger partial charge >= 0.3 is 0 Å². The molecule has 2 unspecified atom stereocenters. The number of carbonyl (C=O) groups is 1. The van der Waals surface area contributed by atoms with Crippen LogP contribution in [0.3, 0.4) is 0 Å². The van der Waals surface area contributed by atoms with Gasteiger partial charge in [0, 0.05) is 35.7 Å². The topological polar surface area (TPSA) is 35.9 Å². The Morgan fingerprint density at radius 1 is 1.00 bits per heavy atom. The largest absolute Gasteiger partial charge is 0.304 e. The van der Waals surface area contributed by atoms with Gasteiger partial charge in [-0.15, -0.1) is 0 Å². The molecule has 2 aliphatic rings. The van der Waals surface area contributed by atoms with E-state index in [1.54, 1.807) is 12.1 Å². The van der Waals surface area contributed by atoms with Gasteiger partial charge in [-0.25, -0.2) is 9.38 Å². The third-order valence-electron chi connectivity index (χ3n) is 8.09. The van der Waals surface area contributed by atoms with E-state index < -0.39 is 10.2 Å². The molecule has 1 amide bonds. The van der Waals surface area contributed by atoms with Crippen LogP contribution in [0.2, 0.25) is 5.02 Å². The Hall–Kier alpha value is -1.66. The molecule has 2 atom stereocenters. The number of rotatable bonds is 8. The lowest BCUT2D eigenvalue weighted by atomic mass is 9.85. The first kappa shape index (κ1) is 32.3. The summed E-state index contributed by atoms with van der Waals surface area (Å²) in [5, 5.41) is 0.581. The number of alkyl halides is 3. The van der Waals surface area contributed by atoms with Crippen LogP contribution in [0.5, 0.6) is 0 Å². The molecule has 2 heterocycles. The maximum absolute atomic E-state index is 14.5. The molecule has 4 rings (SSSR count). The third-order valence-corrected chi connectivity index (χ3v) is 8.75. The molecule has 0 saturated carbocycles. The standard InChI is InChI=1S/C33H43Cl3FN3O/c1-22-18-24(20-26(34)19-22)28-29(41)40(32(38-28)15-17-39(21-32)16-14-31(5,6)7)27(12-13-30(2,3)4)23-8-10-25(11-9-23)33(35,36)37/h8-11,18-20,27H,12-17,21H2,1-7H3. The molecule has 0 bridgehead atoms. The predicted molar refractivity (Wildman–Crippen MR) is 170 cm³/mol. The fourth-order valence-corrected chi connectivity index (χ4v) is 6.38. The monoisotopic (exact) mass is 621 g/mol. The quantitative estimate of drug-likeness (QED) is 0.275. The zero-order chi connectivity index (χ0) is 30.4. The summed E-state index contributed by atoms with van der Waals surface area (Å²) in [5.74, 6) is -0.0955. The summed E-state index contributed by atoms with van der Waals surface area (Å²) < 4.78 is 11.8. The number of aryl methyl sites for hydroxylation is 1. The van der Waals surface area contributed by atoms with E-state index in [0.29, 0.717) is 17.3 Å². The van der Waals surface area contributed by atoms with Gasteiger partial charge in [0.25, 0.3) is 10.5 Å². The number of nitrogens with zero attached hydrogens (tertiary/aromatic N) is 3. The highest BCUT2D eigenvalue weighted by Gasteiger charge is 2.54. The smallest absolute Gasteiger partial charge is 0.283 e. The van der Waals surface area contributed by atoms with Crippen molar-refractivity contribution in [3.8, 4) is 0 Å². The molecule has 8 heteroatoms. The van der Waals surface area contributed by atoms with Crippen LogP contribution in [0.15, 0.2) is 47.5 Å². The lowest BCUT2D eigenvalue weighted by molar-refractivity contribution is -0.131. The van der Waals surface area contributed by atoms with Gasteiger partial charge < -0.3 is 4.90 Å². The number of hydrogen-bond acceptors (Lipinski definition) is 3. The molecule has 2 aromatic rings. The predicted octanol–water partition coefficient (Wildman–Crippen LogP) is 9.24. The van der Waals surface area contributed by atoms with Crippen molar-refractivity contribution < 1.29 is 9.18 Å². The minimum atomic E-state index is -2.48. The van der Waals surface area contributed by atoms with Crippen molar-refractivity contribution >= 4 is 46.4 Å². The summed E-state index contributed by atoms with van der Waals surface area (Å²) in [6.07, 6.45) is 3.42. The molecular weight excluding hydrogens is 580 g/mol. The summed E-state index contributed by atoms with van der Waals surface area (Å²) in [7, 11) is 0. The van der Waals surface area contributed by atoms with Gasteiger partial charge in [0.2, 0.25) is 0 Å². The first-order valence-corrected chi connectivity index (χ1v) is 15.6. The van der Waals surface area contributed by atoms with Crippen molar-refractivity contribution in [2.45, 2.75) is 90.4 Å². The average Bonchev–Trinajstić information content (AvgIpc) is 3.37. The normalized spacial score (nSPS) is 21.2. The van der Waals surface area contributed by atoms with Gasteiger partial charge in [0.1, 0.15) is 11.4 Å². The van der Waals surface area contributed by atoms with E-state index in [1.165, 1.54) is 0 Å². The summed E-state index contributed by atoms with van der Waals surface area (Å²) in [5.41, 5.74) is 2.81. The Bertz CT molecular complexity index is 1270. The summed E-state index contributed by atoms with van der Waals surface area (Å²) >= 11 is 17.9. The van der Waals surface area contributed by atoms with E-state index in [0.717, 1.165) is 55.5 Å². The molecule has 0 aromatic heterocycles. The van der Waals surface area contributed by atoms with Gasteiger partial charge in [-0.3, -0.25) is 9.69 Å². The van der Waals surface area contributed by atoms with E-state index in [-0.39, 0.29) is 28.3 Å². The van der Waals surface area contributed by atoms with Crippen LogP contribution < -0.4 is 0 Å². The second-order valence-electron chi connectivity index (χ2n) is 14.2. The number of aliphatic imine (C=N–C) groups is 1. The second kappa shape index (κ2) is 11.8. The lowest BCUT2D eigenvalue weighted by Gasteiger charge is -2.40. The van der Waals surface area contributed by atoms with Gasteiger partial charge in [0.05, 0.1) is 6.04 Å². The molecule has 0 N–H and O–H groups in total. The maximum atomic E-state index is 14.5. The highest BCUT2D eigenvalue weighted by molar-refractivity contribution is 6.47. The molecular formula is C33H43Cl3FN3O. The van der Waals surface area contributed by atoms with E-state index >= 15 is 0 Å². The van der Waals surface area contributed by atoms with Crippen molar-refractivity contribution in [3.63, 3.8) is 0 Å². The zero-order valence-corrected chi connectivity index (χ0v) is 27.6. The van der Waals surface area contributed by atoms with Crippen molar-refractivity contribution in [1.82, 2.24) is 9.80 Å². The van der Waals surface area contributed by atoms with Gasteiger partial charge in [-0.1, -0.05) is 101 Å². The van der Waals surface area contributed by atoms with Crippen LogP contribution in [-0.2, 0) is 9.38 Å². The molecule has 0 aliphatic carbocycles. The fraction of sp³-hybridized carbons (Fsp3) is 0.576. The molecule has 0 radical (unpaired) electrons. The van der Waals surface area contributed by atoms with E-state index in [1.807, 2.05) is 42.2 Å². The number of likely N-dealkylation sites (tertiary alicyclic amines) is 1. The molecule has 2 aliphatic heterocycles. The summed E-state index contributed by atoms with van der Waals surface area (Å²) in [6, 6.07) is 12.3. The van der Waals surface area contributed by atoms with E-state index in [2.05, 4.69) is 46.4 Å². The maximum Gasteiger partial charge on any atom is 0.283 e.